The van der Waals surface area contributed by atoms with Crippen LogP contribution in [0.15, 0.2) is 30.3 Å². The molecule has 1 unspecified atom stereocenters. The molecule has 2 heterocycles. The minimum Gasteiger partial charge on any atom is -0.366 e. The van der Waals surface area contributed by atoms with Crippen molar-refractivity contribution in [3.63, 3.8) is 0 Å². The first-order chi connectivity index (χ1) is 13.0. The number of nitrogens with two attached hydrogens (primary N) is 1. The summed E-state index contributed by atoms with van der Waals surface area (Å²) in [5.41, 5.74) is 9.60. The molecule has 3 N–H and O–H groups in total. The van der Waals surface area contributed by atoms with Gasteiger partial charge >= 0.3 is 0 Å². The number of rotatable bonds is 7. The van der Waals surface area contributed by atoms with E-state index in [0.29, 0.717) is 18.6 Å². The molecule has 7 heteroatoms. The van der Waals surface area contributed by atoms with Gasteiger partial charge in [0.15, 0.2) is 0 Å². The number of nitrogens with one attached hydrogen (secondary N) is 1. The summed E-state index contributed by atoms with van der Waals surface area (Å²) < 4.78 is 1.64. The molecule has 142 valence electrons. The largest absolute Gasteiger partial charge is 0.366 e. The lowest BCUT2D eigenvalue weighted by Gasteiger charge is -2.19. The van der Waals surface area contributed by atoms with E-state index in [4.69, 9.17) is 5.73 Å². The first kappa shape index (κ1) is 18.8. The summed E-state index contributed by atoms with van der Waals surface area (Å²) in [5, 5.41) is 7.34. The highest BCUT2D eigenvalue weighted by molar-refractivity contribution is 5.76. The van der Waals surface area contributed by atoms with Crippen LogP contribution in [0.25, 0.3) is 5.78 Å². The van der Waals surface area contributed by atoms with Crippen LogP contribution in [0.2, 0.25) is 0 Å². The summed E-state index contributed by atoms with van der Waals surface area (Å²) in [5.74, 6) is 0.724. The third-order valence-corrected chi connectivity index (χ3v) is 4.78. The predicted octanol–water partition coefficient (Wildman–Crippen LogP) is 2.91. The molecule has 0 fully saturated rings. The second kappa shape index (κ2) is 8.16. The zero-order valence-corrected chi connectivity index (χ0v) is 16.1. The smallest absolute Gasteiger partial charge is 0.254 e. The molecule has 7 nitrogen and oxygen atoms in total. The van der Waals surface area contributed by atoms with Gasteiger partial charge in [0, 0.05) is 17.8 Å². The van der Waals surface area contributed by atoms with Crippen molar-refractivity contribution >= 4 is 17.6 Å². The lowest BCUT2D eigenvalue weighted by atomic mass is 10.0. The van der Waals surface area contributed by atoms with E-state index in [-0.39, 0.29) is 17.9 Å². The number of carbonyl (C=O) groups is 1. The summed E-state index contributed by atoms with van der Waals surface area (Å²) >= 11 is 0. The SMILES string of the molecule is CCCC(NC(=O)CCc1c(C)nc2nc(N)nn2c1C)c1ccccc1. The van der Waals surface area contributed by atoms with Crippen LogP contribution in [0.5, 0.6) is 0 Å². The summed E-state index contributed by atoms with van der Waals surface area (Å²) in [6.45, 7) is 6.00. The van der Waals surface area contributed by atoms with Crippen LogP contribution in [0.1, 0.15) is 54.7 Å². The number of benzene rings is 1. The van der Waals surface area contributed by atoms with E-state index < -0.39 is 0 Å². The maximum atomic E-state index is 12.6. The molecule has 1 aromatic carbocycles. The number of nitrogen functional groups attached to an aromatic ring is 1. The van der Waals surface area contributed by atoms with Crippen LogP contribution in [0.3, 0.4) is 0 Å². The Morgan fingerprint density at radius 1 is 1.22 bits per heavy atom. The Morgan fingerprint density at radius 2 is 1.96 bits per heavy atom. The van der Waals surface area contributed by atoms with Crippen molar-refractivity contribution in [3.05, 3.63) is 52.8 Å². The molecular weight excluding hydrogens is 340 g/mol. The van der Waals surface area contributed by atoms with Gasteiger partial charge < -0.3 is 11.1 Å². The summed E-state index contributed by atoms with van der Waals surface area (Å²) in [6.07, 6.45) is 2.91. The van der Waals surface area contributed by atoms with Crippen LogP contribution >= 0.6 is 0 Å². The fourth-order valence-electron chi connectivity index (χ4n) is 3.39. The van der Waals surface area contributed by atoms with E-state index in [1.54, 1.807) is 4.52 Å². The van der Waals surface area contributed by atoms with Crippen LogP contribution in [0, 0.1) is 13.8 Å². The topological polar surface area (TPSA) is 98.2 Å². The molecule has 0 radical (unpaired) electrons. The average Bonchev–Trinajstić information content (AvgIpc) is 3.02. The molecule has 27 heavy (non-hydrogen) atoms. The summed E-state index contributed by atoms with van der Waals surface area (Å²) in [6, 6.07) is 10.1. The number of aryl methyl sites for hydroxylation is 2. The lowest BCUT2D eigenvalue weighted by Crippen LogP contribution is -2.28. The third kappa shape index (κ3) is 4.24. The van der Waals surface area contributed by atoms with Gasteiger partial charge in [-0.3, -0.25) is 4.79 Å². The van der Waals surface area contributed by atoms with Gasteiger partial charge in [-0.15, -0.1) is 5.10 Å². The molecule has 3 rings (SSSR count). The van der Waals surface area contributed by atoms with Crippen molar-refractivity contribution in [2.24, 2.45) is 0 Å². The molecule has 0 spiro atoms. The van der Waals surface area contributed by atoms with Gasteiger partial charge in [-0.2, -0.15) is 9.50 Å². The zero-order chi connectivity index (χ0) is 19.4. The van der Waals surface area contributed by atoms with E-state index in [0.717, 1.165) is 35.4 Å². The molecule has 0 bridgehead atoms. The van der Waals surface area contributed by atoms with Gasteiger partial charge in [0.05, 0.1) is 6.04 Å². The van der Waals surface area contributed by atoms with Gasteiger partial charge in [-0.05, 0) is 37.8 Å². The maximum Gasteiger partial charge on any atom is 0.254 e. The van der Waals surface area contributed by atoms with Gasteiger partial charge in [0.1, 0.15) is 0 Å². The first-order valence-corrected chi connectivity index (χ1v) is 9.32. The minimum absolute atomic E-state index is 0.0364. The molecule has 0 aliphatic rings. The Hall–Kier alpha value is -2.96. The summed E-state index contributed by atoms with van der Waals surface area (Å²) in [7, 11) is 0. The van der Waals surface area contributed by atoms with Crippen molar-refractivity contribution in [2.75, 3.05) is 5.73 Å². The predicted molar refractivity (Wildman–Crippen MR) is 105 cm³/mol. The van der Waals surface area contributed by atoms with E-state index in [9.17, 15) is 4.79 Å². The van der Waals surface area contributed by atoms with Crippen LogP contribution in [0.4, 0.5) is 5.95 Å². The van der Waals surface area contributed by atoms with Crippen LogP contribution < -0.4 is 11.1 Å². The number of amides is 1. The average molecular weight is 366 g/mol. The van der Waals surface area contributed by atoms with E-state index in [2.05, 4.69) is 39.4 Å². The van der Waals surface area contributed by atoms with Crippen LogP contribution in [-0.2, 0) is 11.2 Å². The maximum absolute atomic E-state index is 12.6. The first-order valence-electron chi connectivity index (χ1n) is 9.32. The Labute approximate surface area is 159 Å². The Kier molecular flexibility index (Phi) is 5.69. The summed E-state index contributed by atoms with van der Waals surface area (Å²) in [4.78, 5) is 21.1. The van der Waals surface area contributed by atoms with Crippen molar-refractivity contribution in [2.45, 2.75) is 52.5 Å². The number of fused-ring (bicyclic) bond motifs is 1. The fourth-order valence-corrected chi connectivity index (χ4v) is 3.39. The second-order valence-corrected chi connectivity index (χ2v) is 6.76. The molecule has 2 aromatic heterocycles. The van der Waals surface area contributed by atoms with Crippen LogP contribution in [-0.4, -0.2) is 25.5 Å². The highest BCUT2D eigenvalue weighted by atomic mass is 16.1. The minimum atomic E-state index is 0.0364. The standard InChI is InChI=1S/C20H26N6O/c1-4-8-17(15-9-6-5-7-10-15)23-18(27)12-11-16-13(2)22-20-24-19(21)25-26(20)14(16)3/h5-7,9-10,17H,4,8,11-12H2,1-3H3,(H2,21,25)(H,23,27). The zero-order valence-electron chi connectivity index (χ0n) is 16.1. The fraction of sp³-hybridized carbons (Fsp3) is 0.400. The quantitative estimate of drug-likeness (QED) is 0.670. The molecule has 1 amide bonds. The monoisotopic (exact) mass is 366 g/mol. The lowest BCUT2D eigenvalue weighted by molar-refractivity contribution is -0.121. The second-order valence-electron chi connectivity index (χ2n) is 6.76. The van der Waals surface area contributed by atoms with Crippen molar-refractivity contribution in [3.8, 4) is 0 Å². The Balaban J connectivity index is 1.70. The normalized spacial score (nSPS) is 12.3. The van der Waals surface area contributed by atoms with Crippen molar-refractivity contribution in [1.29, 1.82) is 0 Å². The molecule has 1 atom stereocenters. The third-order valence-electron chi connectivity index (χ3n) is 4.78. The van der Waals surface area contributed by atoms with E-state index in [1.807, 2.05) is 32.0 Å². The Morgan fingerprint density at radius 3 is 2.67 bits per heavy atom. The molecule has 0 aliphatic heterocycles. The molecule has 0 saturated carbocycles. The van der Waals surface area contributed by atoms with Crippen molar-refractivity contribution in [1.82, 2.24) is 24.9 Å². The van der Waals surface area contributed by atoms with Gasteiger partial charge in [-0.25, -0.2) is 4.98 Å². The number of carbonyl (C=O) groups excluding carboxylic acids is 1. The number of anilines is 1. The van der Waals surface area contributed by atoms with E-state index in [1.165, 1.54) is 0 Å². The molecular formula is C20H26N6O. The molecule has 3 aromatic rings. The molecule has 0 aliphatic carbocycles. The number of nitrogens with zero attached hydrogens (tertiary/aromatic N) is 4. The molecule has 0 saturated heterocycles. The highest BCUT2D eigenvalue weighted by Crippen LogP contribution is 2.19. The van der Waals surface area contributed by atoms with E-state index >= 15 is 0 Å². The van der Waals surface area contributed by atoms with Crippen molar-refractivity contribution < 1.29 is 4.79 Å². The number of hydrogen-bond donors (Lipinski definition) is 2. The van der Waals surface area contributed by atoms with Gasteiger partial charge in [0.2, 0.25) is 11.9 Å². The Bertz CT molecular complexity index is 935. The number of hydrogen-bond acceptors (Lipinski definition) is 5. The highest BCUT2D eigenvalue weighted by Gasteiger charge is 2.16. The van der Waals surface area contributed by atoms with Gasteiger partial charge in [-0.1, -0.05) is 43.7 Å². The number of aromatic nitrogens is 4. The van der Waals surface area contributed by atoms with Gasteiger partial charge in [0.25, 0.3) is 5.78 Å².